The zero-order valence-electron chi connectivity index (χ0n) is 8.88. The lowest BCUT2D eigenvalue weighted by Gasteiger charge is -2.12. The molecule has 0 aliphatic heterocycles. The molecule has 0 fully saturated rings. The van der Waals surface area contributed by atoms with Gasteiger partial charge in [0.15, 0.2) is 0 Å². The molecule has 0 rings (SSSR count). The average molecular weight is 189 g/mol. The van der Waals surface area contributed by atoms with Crippen LogP contribution >= 0.6 is 0 Å². The molecule has 0 spiro atoms. The number of unbranched alkanes of at least 4 members (excludes halogenated alkanes) is 2. The number of aliphatic hydroxyl groups excluding tert-OH is 1. The van der Waals surface area contributed by atoms with Crippen molar-refractivity contribution >= 4 is 0 Å². The molecule has 0 aliphatic rings. The van der Waals surface area contributed by atoms with Crippen molar-refractivity contribution in [1.29, 1.82) is 0 Å². The predicted molar refractivity (Wildman–Crippen MR) is 54.9 cm³/mol. The summed E-state index contributed by atoms with van der Waals surface area (Å²) in [5.74, 6) is 0. The second-order valence-electron chi connectivity index (χ2n) is 3.42. The van der Waals surface area contributed by atoms with Crippen molar-refractivity contribution in [1.82, 2.24) is 5.32 Å². The third kappa shape index (κ3) is 9.80. The van der Waals surface area contributed by atoms with E-state index in [1.54, 1.807) is 7.11 Å². The highest BCUT2D eigenvalue weighted by Crippen LogP contribution is 1.95. The Labute approximate surface area is 81.5 Å². The number of hydrogen-bond donors (Lipinski definition) is 2. The topological polar surface area (TPSA) is 41.5 Å². The number of nitrogens with one attached hydrogen (secondary N) is 1. The summed E-state index contributed by atoms with van der Waals surface area (Å²) in [6.07, 6.45) is 4.25. The molecule has 13 heavy (non-hydrogen) atoms. The third-order valence-electron chi connectivity index (χ3n) is 2.08. The van der Waals surface area contributed by atoms with E-state index in [-0.39, 0.29) is 0 Å². The lowest BCUT2D eigenvalue weighted by molar-refractivity contribution is 0.185. The Morgan fingerprint density at radius 2 is 2.08 bits per heavy atom. The minimum absolute atomic E-state index is 0.319. The smallest absolute Gasteiger partial charge is 0.0476 e. The first-order valence-electron chi connectivity index (χ1n) is 5.14. The number of aliphatic hydroxyl groups is 1. The van der Waals surface area contributed by atoms with Crippen molar-refractivity contribution in [3.8, 4) is 0 Å². The van der Waals surface area contributed by atoms with Gasteiger partial charge in [0.25, 0.3) is 0 Å². The van der Waals surface area contributed by atoms with Gasteiger partial charge in [0.05, 0.1) is 0 Å². The molecule has 2 N–H and O–H groups in total. The predicted octanol–water partition coefficient (Wildman–Crippen LogP) is 1.16. The van der Waals surface area contributed by atoms with Crippen LogP contribution in [0.25, 0.3) is 0 Å². The largest absolute Gasteiger partial charge is 0.396 e. The van der Waals surface area contributed by atoms with Gasteiger partial charge < -0.3 is 15.2 Å². The first-order valence-corrected chi connectivity index (χ1v) is 5.14. The Kier molecular flexibility index (Phi) is 9.87. The van der Waals surface area contributed by atoms with Crippen molar-refractivity contribution in [3.05, 3.63) is 0 Å². The summed E-state index contributed by atoms with van der Waals surface area (Å²) in [6.45, 7) is 4.36. The molecule has 1 atom stereocenters. The fraction of sp³-hybridized carbons (Fsp3) is 1.00. The molecule has 3 nitrogen and oxygen atoms in total. The number of ether oxygens (including phenoxy) is 1. The summed E-state index contributed by atoms with van der Waals surface area (Å²) in [6, 6.07) is 0.536. The van der Waals surface area contributed by atoms with Crippen LogP contribution in [0.4, 0.5) is 0 Å². The van der Waals surface area contributed by atoms with Gasteiger partial charge in [-0.25, -0.2) is 0 Å². The van der Waals surface area contributed by atoms with Gasteiger partial charge in [-0.2, -0.15) is 0 Å². The van der Waals surface area contributed by atoms with E-state index < -0.39 is 0 Å². The van der Waals surface area contributed by atoms with Gasteiger partial charge in [0, 0.05) is 26.4 Å². The van der Waals surface area contributed by atoms with Crippen molar-refractivity contribution < 1.29 is 9.84 Å². The molecule has 0 aromatic carbocycles. The SMILES string of the molecule is COCCC(C)NCCCCCO. The summed E-state index contributed by atoms with van der Waals surface area (Å²) in [5, 5.41) is 12.0. The number of rotatable bonds is 9. The average Bonchev–Trinajstić information content (AvgIpc) is 2.14. The highest BCUT2D eigenvalue weighted by atomic mass is 16.5. The zero-order chi connectivity index (χ0) is 9.94. The van der Waals surface area contributed by atoms with Gasteiger partial charge >= 0.3 is 0 Å². The minimum atomic E-state index is 0.319. The lowest BCUT2D eigenvalue weighted by atomic mass is 10.2. The van der Waals surface area contributed by atoms with E-state index in [0.717, 1.165) is 38.8 Å². The Morgan fingerprint density at radius 1 is 1.31 bits per heavy atom. The van der Waals surface area contributed by atoms with E-state index in [4.69, 9.17) is 9.84 Å². The highest BCUT2D eigenvalue weighted by Gasteiger charge is 1.99. The Hall–Kier alpha value is -0.120. The van der Waals surface area contributed by atoms with E-state index in [1.807, 2.05) is 0 Å². The zero-order valence-corrected chi connectivity index (χ0v) is 8.88. The summed E-state index contributed by atoms with van der Waals surface area (Å²) in [5.41, 5.74) is 0. The highest BCUT2D eigenvalue weighted by molar-refractivity contribution is 4.59. The van der Waals surface area contributed by atoms with Crippen LogP contribution in [0, 0.1) is 0 Å². The summed E-state index contributed by atoms with van der Waals surface area (Å²) >= 11 is 0. The normalized spacial score (nSPS) is 13.2. The molecule has 0 saturated carbocycles. The first kappa shape index (κ1) is 12.9. The minimum Gasteiger partial charge on any atom is -0.396 e. The molecule has 80 valence electrons. The molecule has 0 amide bonds. The van der Waals surface area contributed by atoms with Crippen LogP contribution in [0.1, 0.15) is 32.6 Å². The monoisotopic (exact) mass is 189 g/mol. The van der Waals surface area contributed by atoms with Crippen LogP contribution in [0.3, 0.4) is 0 Å². The first-order chi connectivity index (χ1) is 6.31. The van der Waals surface area contributed by atoms with E-state index in [9.17, 15) is 0 Å². The summed E-state index contributed by atoms with van der Waals surface area (Å²) in [4.78, 5) is 0. The molecule has 0 saturated heterocycles. The fourth-order valence-electron chi connectivity index (χ4n) is 1.16. The quantitative estimate of drug-likeness (QED) is 0.535. The molecule has 0 aromatic heterocycles. The van der Waals surface area contributed by atoms with Crippen LogP contribution in [0.2, 0.25) is 0 Å². The molecular weight excluding hydrogens is 166 g/mol. The molecule has 0 bridgehead atoms. The maximum Gasteiger partial charge on any atom is 0.0476 e. The second-order valence-corrected chi connectivity index (χ2v) is 3.42. The lowest BCUT2D eigenvalue weighted by Crippen LogP contribution is -2.28. The van der Waals surface area contributed by atoms with Gasteiger partial charge in [-0.15, -0.1) is 0 Å². The van der Waals surface area contributed by atoms with Crippen LogP contribution in [-0.4, -0.2) is 38.0 Å². The van der Waals surface area contributed by atoms with Crippen LogP contribution in [-0.2, 0) is 4.74 Å². The molecule has 0 aromatic rings. The van der Waals surface area contributed by atoms with Gasteiger partial charge in [-0.3, -0.25) is 0 Å². The van der Waals surface area contributed by atoms with Crippen molar-refractivity contribution in [2.75, 3.05) is 26.9 Å². The molecule has 0 heterocycles. The standard InChI is InChI=1S/C10H23NO2/c1-10(6-9-13-2)11-7-4-3-5-8-12/h10-12H,3-9H2,1-2H3. The van der Waals surface area contributed by atoms with E-state index in [0.29, 0.717) is 12.6 Å². The van der Waals surface area contributed by atoms with Crippen molar-refractivity contribution in [2.24, 2.45) is 0 Å². The van der Waals surface area contributed by atoms with Crippen molar-refractivity contribution in [3.63, 3.8) is 0 Å². The number of methoxy groups -OCH3 is 1. The van der Waals surface area contributed by atoms with Gasteiger partial charge in [0.2, 0.25) is 0 Å². The number of hydrogen-bond acceptors (Lipinski definition) is 3. The molecule has 0 radical (unpaired) electrons. The third-order valence-corrected chi connectivity index (χ3v) is 2.08. The fourth-order valence-corrected chi connectivity index (χ4v) is 1.16. The Morgan fingerprint density at radius 3 is 2.69 bits per heavy atom. The maximum atomic E-state index is 8.55. The maximum absolute atomic E-state index is 8.55. The van der Waals surface area contributed by atoms with Gasteiger partial charge in [-0.1, -0.05) is 0 Å². The van der Waals surface area contributed by atoms with Gasteiger partial charge in [-0.05, 0) is 39.2 Å². The van der Waals surface area contributed by atoms with E-state index in [2.05, 4.69) is 12.2 Å². The molecule has 3 heteroatoms. The van der Waals surface area contributed by atoms with Crippen molar-refractivity contribution in [2.45, 2.75) is 38.6 Å². The van der Waals surface area contributed by atoms with E-state index >= 15 is 0 Å². The van der Waals surface area contributed by atoms with Crippen LogP contribution < -0.4 is 5.32 Å². The van der Waals surface area contributed by atoms with Gasteiger partial charge in [0.1, 0.15) is 0 Å². The van der Waals surface area contributed by atoms with E-state index in [1.165, 1.54) is 0 Å². The van der Waals surface area contributed by atoms with Crippen LogP contribution in [0.15, 0.2) is 0 Å². The van der Waals surface area contributed by atoms with Crippen LogP contribution in [0.5, 0.6) is 0 Å². The second kappa shape index (κ2) is 9.96. The summed E-state index contributed by atoms with van der Waals surface area (Å²) < 4.78 is 4.98. The summed E-state index contributed by atoms with van der Waals surface area (Å²) in [7, 11) is 1.73. The Balaban J connectivity index is 3.03. The molecule has 0 aliphatic carbocycles. The molecule has 1 unspecified atom stereocenters. The Bertz CT molecular complexity index is 98.9. The molecular formula is C10H23NO2.